The minimum atomic E-state index is 0.679. The molecule has 0 N–H and O–H groups in total. The molecule has 0 spiro atoms. The Morgan fingerprint density at radius 1 is 0.159 bits per heavy atom. The van der Waals surface area contributed by atoms with Crippen LogP contribution in [0.3, 0.4) is 0 Å². The smallest absolute Gasteiger partial charge is 0.227 e. The van der Waals surface area contributed by atoms with Crippen molar-refractivity contribution in [2.24, 2.45) is 0 Å². The Balaban J connectivity index is 0.0000000945. The molecule has 0 radical (unpaired) electrons. The Hall–Kier alpha value is -17.3. The molecule has 10 aromatic heterocycles. The van der Waals surface area contributed by atoms with Gasteiger partial charge in [0.25, 0.3) is 0 Å². The summed E-state index contributed by atoms with van der Waals surface area (Å²) >= 11 is 0. The Morgan fingerprint density at radius 3 is 0.902 bits per heavy atom. The highest BCUT2D eigenvalue weighted by molar-refractivity contribution is 6.16. The number of aryl methyl sites for hydroxylation is 4. The Morgan fingerprint density at radius 2 is 0.439 bits per heavy atom. The lowest BCUT2D eigenvalue weighted by atomic mass is 10.0. The van der Waals surface area contributed by atoms with E-state index in [1.807, 2.05) is 30.6 Å². The summed E-state index contributed by atoms with van der Waals surface area (Å²) in [4.78, 5) is 9.10. The van der Waals surface area contributed by atoms with Gasteiger partial charge in [-0.2, -0.15) is 0 Å². The van der Waals surface area contributed by atoms with Crippen molar-refractivity contribution in [3.05, 3.63) is 447 Å². The van der Waals surface area contributed by atoms with Crippen LogP contribution < -0.4 is 0 Å². The fourth-order valence-corrected chi connectivity index (χ4v) is 20.1. The van der Waals surface area contributed by atoms with E-state index in [-0.39, 0.29) is 0 Å². The summed E-state index contributed by atoms with van der Waals surface area (Å²) in [5, 5.41) is 19.1. The normalized spacial score (nSPS) is 11.8. The van der Waals surface area contributed by atoms with Gasteiger partial charge in [0.2, 0.25) is 11.4 Å². The average Bonchev–Trinajstić information content (AvgIpc) is 1.57. The van der Waals surface area contributed by atoms with Crippen LogP contribution in [0.5, 0.6) is 0 Å². The molecule has 0 atom stereocenters. The molecule has 0 unspecified atom stereocenters. The maximum absolute atomic E-state index is 6.07. The zero-order chi connectivity index (χ0) is 87.8. The molecule has 18 aromatic carbocycles. The topological polar surface area (TPSA) is 98.1 Å². The molecule has 0 fully saturated rings. The first-order valence-corrected chi connectivity index (χ1v) is 44.8. The van der Waals surface area contributed by atoms with Gasteiger partial charge in [0, 0.05) is 127 Å². The number of pyridine rings is 2. The molecule has 28 rings (SSSR count). The third-order valence-electron chi connectivity index (χ3n) is 26.3. The summed E-state index contributed by atoms with van der Waals surface area (Å²) in [6.45, 7) is 8.43. The molecule has 0 saturated heterocycles. The van der Waals surface area contributed by atoms with Crippen molar-refractivity contribution in [1.82, 2.24) is 28.2 Å². The first-order chi connectivity index (χ1) is 65.0. The van der Waals surface area contributed by atoms with Crippen LogP contribution in [-0.2, 0) is 0 Å². The zero-order valence-electron chi connectivity index (χ0n) is 72.7. The van der Waals surface area contributed by atoms with Gasteiger partial charge in [-0.05, 0) is 248 Å². The molecular weight excluding hydrogens is 1610 g/mol. The number of para-hydroxylation sites is 8. The number of aromatic nitrogens is 6. The van der Waals surface area contributed by atoms with Gasteiger partial charge < -0.3 is 35.9 Å². The molecule has 0 saturated carbocycles. The summed E-state index contributed by atoms with van der Waals surface area (Å²) in [5.41, 5.74) is 35.4. The molecule has 10 heterocycles. The summed E-state index contributed by atoms with van der Waals surface area (Å²) in [7, 11) is 0. The minimum absolute atomic E-state index is 0.679. The maximum Gasteiger partial charge on any atom is 0.227 e. The largest absolute Gasteiger partial charge is 0.456 e. The number of benzene rings is 18. The van der Waals surface area contributed by atoms with Crippen LogP contribution in [0.1, 0.15) is 22.3 Å². The number of furan rings is 4. The van der Waals surface area contributed by atoms with E-state index in [0.29, 0.717) is 11.4 Å². The van der Waals surface area contributed by atoms with Crippen LogP contribution >= 0.6 is 0 Å². The van der Waals surface area contributed by atoms with Gasteiger partial charge >= 0.3 is 0 Å². The van der Waals surface area contributed by atoms with Gasteiger partial charge in [-0.1, -0.05) is 253 Å². The molecule has 0 bridgehead atoms. The summed E-state index contributed by atoms with van der Waals surface area (Å²) in [6.07, 6.45) is 3.75. The first-order valence-electron chi connectivity index (χ1n) is 44.8. The van der Waals surface area contributed by atoms with E-state index < -0.39 is 0 Å². The van der Waals surface area contributed by atoms with Crippen LogP contribution in [0.4, 0.5) is 0 Å². The van der Waals surface area contributed by atoms with Crippen LogP contribution in [0, 0.1) is 27.7 Å². The molecule has 0 amide bonds. The minimum Gasteiger partial charge on any atom is -0.456 e. The molecule has 624 valence electrons. The van der Waals surface area contributed by atoms with Crippen molar-refractivity contribution >= 4 is 175 Å². The van der Waals surface area contributed by atoms with Crippen LogP contribution in [0.15, 0.2) is 443 Å². The molecule has 132 heavy (non-hydrogen) atoms. The SMILES string of the molecule is Cc1ccc2oc3ccc(-c4cccc(-n5c6ccccc6c6ccccc65)c4)cc3c2c1.Cc1ccc2oc3ncc(-c4cccc(-n5c6ccccc6c6ccccc65)c4)cc3c2c1.Cc1cccc(-c2ccc3c(c2)c2ccccc2n3-c2ccc3oc4ccccc4c3c2)c1.Cc1cnc2oc3ccc(-c4cccc(-n5c6ccccc6c6ccccc65)c4)cc3c2c1. The number of fused-ring (bicyclic) bond motifs is 24. The number of nitrogens with zero attached hydrogens (tertiary/aromatic N) is 6. The van der Waals surface area contributed by atoms with E-state index >= 15 is 0 Å². The molecule has 0 aliphatic carbocycles. The van der Waals surface area contributed by atoms with Gasteiger partial charge in [0.1, 0.15) is 33.5 Å². The van der Waals surface area contributed by atoms with E-state index in [1.54, 1.807) is 0 Å². The Kier molecular flexibility index (Phi) is 18.3. The van der Waals surface area contributed by atoms with E-state index in [1.165, 1.54) is 137 Å². The predicted molar refractivity (Wildman–Crippen MR) is 549 cm³/mol. The maximum atomic E-state index is 6.07. The highest BCUT2D eigenvalue weighted by atomic mass is 16.3. The highest BCUT2D eigenvalue weighted by Gasteiger charge is 2.22. The van der Waals surface area contributed by atoms with Crippen LogP contribution in [0.2, 0.25) is 0 Å². The second-order valence-corrected chi connectivity index (χ2v) is 34.7. The van der Waals surface area contributed by atoms with Gasteiger partial charge in [0.05, 0.1) is 44.1 Å². The first kappa shape index (κ1) is 77.0. The van der Waals surface area contributed by atoms with Crippen LogP contribution in [-0.4, -0.2) is 28.2 Å². The third kappa shape index (κ3) is 13.2. The van der Waals surface area contributed by atoms with Gasteiger partial charge in [0.15, 0.2) is 0 Å². The molecule has 0 aliphatic rings. The summed E-state index contributed by atoms with van der Waals surface area (Å²) in [5.74, 6) is 0. The quantitative estimate of drug-likeness (QED) is 0.150. The average molecular weight is 1700 g/mol. The fraction of sp³-hybridized carbons (Fsp3) is 0.0328. The highest BCUT2D eigenvalue weighted by Crippen LogP contribution is 2.44. The second-order valence-electron chi connectivity index (χ2n) is 34.7. The molecular formula is C122H82N6O4. The zero-order valence-corrected chi connectivity index (χ0v) is 72.7. The van der Waals surface area contributed by atoms with Crippen molar-refractivity contribution < 1.29 is 17.7 Å². The Bertz CT molecular complexity index is 8720. The van der Waals surface area contributed by atoms with E-state index in [9.17, 15) is 0 Å². The molecule has 28 aromatic rings. The lowest BCUT2D eigenvalue weighted by Gasteiger charge is -2.10. The van der Waals surface area contributed by atoms with Crippen molar-refractivity contribution in [2.45, 2.75) is 27.7 Å². The van der Waals surface area contributed by atoms with Crippen molar-refractivity contribution in [3.8, 4) is 67.3 Å². The van der Waals surface area contributed by atoms with Gasteiger partial charge in [-0.3, -0.25) is 0 Å². The number of rotatable bonds is 8. The second kappa shape index (κ2) is 31.3. The van der Waals surface area contributed by atoms with Gasteiger partial charge in [-0.15, -0.1) is 0 Å². The molecule has 0 aliphatic heterocycles. The van der Waals surface area contributed by atoms with Crippen LogP contribution in [0.25, 0.3) is 242 Å². The number of hydrogen-bond acceptors (Lipinski definition) is 6. The standard InChI is InChI=1S/2C31H21NO.2C30H20N2O/c1-20-13-15-30-26(17-20)27-19-22(14-16-31(27)33-30)21-7-6-8-23(18-21)32-28-11-4-2-9-24(28)25-10-3-5-12-29(25)32;1-20-7-6-8-21(17-20)22-13-15-29-26(18-22)24-9-2-4-11-28(24)32(29)23-14-16-31-27(19-23)25-10-3-5-12-30(25)33-31;1-19-15-26-25-17-21(13-14-29(25)33-30(26)31-18-19)20-7-6-8-22(16-20)32-27-11-4-2-9-23(27)24-10-3-5-12-28(24)32;1-19-13-14-29-25(15-19)26-17-21(18-31-30(26)33-29)20-7-6-8-22(16-20)32-27-11-4-2-9-23(27)24-10-3-5-12-28(24)32/h2*2-19H,1H3;2*2-18H,1H3. The van der Waals surface area contributed by atoms with Crippen molar-refractivity contribution in [3.63, 3.8) is 0 Å². The van der Waals surface area contributed by atoms with Crippen molar-refractivity contribution in [1.29, 1.82) is 0 Å². The van der Waals surface area contributed by atoms with E-state index in [4.69, 9.17) is 17.7 Å². The molecule has 10 nitrogen and oxygen atoms in total. The van der Waals surface area contributed by atoms with Gasteiger partial charge in [-0.25, -0.2) is 9.97 Å². The van der Waals surface area contributed by atoms with E-state index in [0.717, 1.165) is 116 Å². The van der Waals surface area contributed by atoms with E-state index in [2.05, 4.69) is 450 Å². The van der Waals surface area contributed by atoms with Crippen molar-refractivity contribution in [2.75, 3.05) is 0 Å². The summed E-state index contributed by atoms with van der Waals surface area (Å²) in [6, 6.07) is 147. The Labute approximate surface area is 758 Å². The lowest BCUT2D eigenvalue weighted by Crippen LogP contribution is -1.94. The number of hydrogen-bond donors (Lipinski definition) is 0. The summed E-state index contributed by atoms with van der Waals surface area (Å²) < 4.78 is 33.5. The monoisotopic (exact) mass is 1690 g/mol. The fourth-order valence-electron chi connectivity index (χ4n) is 20.1. The third-order valence-corrected chi connectivity index (χ3v) is 26.3. The predicted octanol–water partition coefficient (Wildman–Crippen LogP) is 33.4. The molecule has 10 heteroatoms. The lowest BCUT2D eigenvalue weighted by molar-refractivity contribution is 0.653.